The molecule has 6 nitrogen and oxygen atoms in total. The van der Waals surface area contributed by atoms with E-state index in [1.165, 1.54) is 0 Å². The predicted molar refractivity (Wildman–Crippen MR) is 136 cm³/mol. The Morgan fingerprint density at radius 3 is 2.37 bits per heavy atom. The summed E-state index contributed by atoms with van der Waals surface area (Å²) in [5.74, 6) is 0.205. The zero-order valence-electron chi connectivity index (χ0n) is 21.3. The van der Waals surface area contributed by atoms with Crippen LogP contribution in [0.2, 0.25) is 0 Å². The number of ether oxygens (including phenoxy) is 2. The van der Waals surface area contributed by atoms with Gasteiger partial charge in [-0.25, -0.2) is 0 Å². The van der Waals surface area contributed by atoms with Gasteiger partial charge in [0.2, 0.25) is 0 Å². The van der Waals surface area contributed by atoms with Crippen molar-refractivity contribution in [3.8, 4) is 11.5 Å². The molecule has 0 bridgehead atoms. The third-order valence-electron chi connectivity index (χ3n) is 7.31. The molecule has 1 heterocycles. The standard InChI is InChI=1S/C29H35NO5/c1-17(2)22-16-23(18(3)14-24(22)35-5)27(31)25-26(19-10-9-13-21(15-19)34-4)30(29(33)28(25)32)20-11-7-6-8-12-20/h9-10,13-17,20,26,31H,6-8,11-12H2,1-5H3/b27-25+. The van der Waals surface area contributed by atoms with Crippen molar-refractivity contribution in [2.75, 3.05) is 14.2 Å². The summed E-state index contributed by atoms with van der Waals surface area (Å²) in [5, 5.41) is 11.6. The van der Waals surface area contributed by atoms with Gasteiger partial charge < -0.3 is 19.5 Å². The zero-order valence-corrected chi connectivity index (χ0v) is 21.3. The Kier molecular flexibility index (Phi) is 7.20. The maximum absolute atomic E-state index is 13.5. The van der Waals surface area contributed by atoms with Crippen LogP contribution in [0.4, 0.5) is 0 Å². The number of ketones is 1. The molecule has 4 rings (SSSR count). The lowest BCUT2D eigenvalue weighted by Crippen LogP contribution is -2.40. The molecule has 1 atom stereocenters. The number of aliphatic hydroxyl groups is 1. The number of carbonyl (C=O) groups excluding carboxylic acids is 2. The fourth-order valence-electron chi connectivity index (χ4n) is 5.45. The summed E-state index contributed by atoms with van der Waals surface area (Å²) >= 11 is 0. The molecule has 6 heteroatoms. The van der Waals surface area contributed by atoms with Gasteiger partial charge in [0, 0.05) is 11.6 Å². The molecule has 186 valence electrons. The van der Waals surface area contributed by atoms with E-state index in [9.17, 15) is 14.7 Å². The maximum atomic E-state index is 13.5. The van der Waals surface area contributed by atoms with E-state index in [-0.39, 0.29) is 23.3 Å². The van der Waals surface area contributed by atoms with E-state index in [4.69, 9.17) is 9.47 Å². The largest absolute Gasteiger partial charge is 0.507 e. The predicted octanol–water partition coefficient (Wildman–Crippen LogP) is 5.89. The quantitative estimate of drug-likeness (QED) is 0.319. The highest BCUT2D eigenvalue weighted by Gasteiger charge is 2.49. The van der Waals surface area contributed by atoms with Crippen molar-refractivity contribution in [2.45, 2.75) is 70.9 Å². The van der Waals surface area contributed by atoms with Gasteiger partial charge in [0.15, 0.2) is 0 Å². The second kappa shape index (κ2) is 10.1. The third kappa shape index (κ3) is 4.54. The van der Waals surface area contributed by atoms with Gasteiger partial charge in [0.05, 0.1) is 25.8 Å². The summed E-state index contributed by atoms with van der Waals surface area (Å²) in [5.41, 5.74) is 3.14. The van der Waals surface area contributed by atoms with E-state index in [2.05, 4.69) is 13.8 Å². The maximum Gasteiger partial charge on any atom is 0.295 e. The summed E-state index contributed by atoms with van der Waals surface area (Å²) in [7, 11) is 3.21. The van der Waals surface area contributed by atoms with Crippen LogP contribution in [-0.4, -0.2) is 42.0 Å². The van der Waals surface area contributed by atoms with Crippen LogP contribution in [0.25, 0.3) is 5.76 Å². The Balaban J connectivity index is 1.93. The topological polar surface area (TPSA) is 76.1 Å². The fraction of sp³-hybridized carbons (Fsp3) is 0.448. The first-order valence-electron chi connectivity index (χ1n) is 12.4. The van der Waals surface area contributed by atoms with E-state index in [1.54, 1.807) is 19.1 Å². The van der Waals surface area contributed by atoms with E-state index in [1.807, 2.05) is 43.3 Å². The molecular weight excluding hydrogens is 442 g/mol. The lowest BCUT2D eigenvalue weighted by atomic mass is 9.89. The lowest BCUT2D eigenvalue weighted by Gasteiger charge is -2.35. The molecule has 1 unspecified atom stereocenters. The van der Waals surface area contributed by atoms with Crippen LogP contribution in [0.3, 0.4) is 0 Å². The van der Waals surface area contributed by atoms with Crippen molar-refractivity contribution < 1.29 is 24.2 Å². The van der Waals surface area contributed by atoms with Crippen molar-refractivity contribution in [1.29, 1.82) is 0 Å². The van der Waals surface area contributed by atoms with Gasteiger partial charge in [-0.3, -0.25) is 9.59 Å². The number of amides is 1. The molecule has 1 aliphatic heterocycles. The van der Waals surface area contributed by atoms with Crippen LogP contribution in [0.5, 0.6) is 11.5 Å². The van der Waals surface area contributed by atoms with E-state index in [0.29, 0.717) is 11.3 Å². The number of Topliss-reactive ketones (excluding diaryl/α,β-unsaturated/α-hetero) is 1. The molecule has 35 heavy (non-hydrogen) atoms. The summed E-state index contributed by atoms with van der Waals surface area (Å²) < 4.78 is 11.0. The van der Waals surface area contributed by atoms with Crippen molar-refractivity contribution in [3.05, 3.63) is 64.2 Å². The van der Waals surface area contributed by atoms with Crippen LogP contribution in [-0.2, 0) is 9.59 Å². The summed E-state index contributed by atoms with van der Waals surface area (Å²) in [6, 6.07) is 10.5. The molecule has 2 fully saturated rings. The monoisotopic (exact) mass is 477 g/mol. The smallest absolute Gasteiger partial charge is 0.295 e. The van der Waals surface area contributed by atoms with E-state index >= 15 is 0 Å². The van der Waals surface area contributed by atoms with Crippen molar-refractivity contribution in [2.24, 2.45) is 0 Å². The number of benzene rings is 2. The minimum atomic E-state index is -0.669. The molecule has 0 spiro atoms. The second-order valence-corrected chi connectivity index (χ2v) is 9.84. The summed E-state index contributed by atoms with van der Waals surface area (Å²) in [6.45, 7) is 5.98. The SMILES string of the molecule is COc1cccc(C2/C(=C(\O)c3cc(C(C)C)c(OC)cc3C)C(=O)C(=O)N2C2CCCCC2)c1. The Labute approximate surface area is 207 Å². The number of aryl methyl sites for hydroxylation is 1. The Bertz CT molecular complexity index is 1160. The van der Waals surface area contributed by atoms with Gasteiger partial charge in [0.25, 0.3) is 11.7 Å². The third-order valence-corrected chi connectivity index (χ3v) is 7.31. The molecule has 0 aromatic heterocycles. The van der Waals surface area contributed by atoms with Gasteiger partial charge in [-0.1, -0.05) is 45.2 Å². The highest BCUT2D eigenvalue weighted by atomic mass is 16.5. The van der Waals surface area contributed by atoms with Crippen molar-refractivity contribution in [3.63, 3.8) is 0 Å². The Morgan fingerprint density at radius 1 is 1.03 bits per heavy atom. The van der Waals surface area contributed by atoms with Crippen LogP contribution < -0.4 is 9.47 Å². The zero-order chi connectivity index (χ0) is 25.3. The number of carbonyl (C=O) groups is 2. The molecule has 1 saturated heterocycles. The fourth-order valence-corrected chi connectivity index (χ4v) is 5.45. The molecule has 1 aliphatic carbocycles. The molecule has 1 amide bonds. The van der Waals surface area contributed by atoms with Crippen LogP contribution in [0.15, 0.2) is 42.0 Å². The normalized spacial score (nSPS) is 20.5. The highest BCUT2D eigenvalue weighted by molar-refractivity contribution is 6.46. The molecule has 2 aromatic carbocycles. The Hall–Kier alpha value is -3.28. The number of nitrogens with zero attached hydrogens (tertiary/aromatic N) is 1. The first kappa shape index (κ1) is 24.8. The highest BCUT2D eigenvalue weighted by Crippen LogP contribution is 2.44. The Morgan fingerprint density at radius 2 is 1.74 bits per heavy atom. The average Bonchev–Trinajstić information content (AvgIpc) is 3.14. The van der Waals surface area contributed by atoms with E-state index in [0.717, 1.165) is 54.5 Å². The number of likely N-dealkylation sites (tertiary alicyclic amines) is 1. The average molecular weight is 478 g/mol. The van der Waals surface area contributed by atoms with Gasteiger partial charge in [-0.15, -0.1) is 0 Å². The number of methoxy groups -OCH3 is 2. The van der Waals surface area contributed by atoms with Gasteiger partial charge in [0.1, 0.15) is 17.3 Å². The number of rotatable bonds is 6. The molecule has 1 saturated carbocycles. The van der Waals surface area contributed by atoms with E-state index < -0.39 is 17.7 Å². The summed E-state index contributed by atoms with van der Waals surface area (Å²) in [6.07, 6.45) is 4.88. The second-order valence-electron chi connectivity index (χ2n) is 9.84. The summed E-state index contributed by atoms with van der Waals surface area (Å²) in [4.78, 5) is 28.6. The van der Waals surface area contributed by atoms with Crippen LogP contribution in [0, 0.1) is 6.92 Å². The number of hydrogen-bond acceptors (Lipinski definition) is 5. The van der Waals surface area contributed by atoms with Gasteiger partial charge in [-0.05, 0) is 66.6 Å². The minimum absolute atomic E-state index is 0.0371. The molecule has 0 radical (unpaired) electrons. The first-order chi connectivity index (χ1) is 16.8. The van der Waals surface area contributed by atoms with Gasteiger partial charge in [-0.2, -0.15) is 0 Å². The number of hydrogen-bond donors (Lipinski definition) is 1. The lowest BCUT2D eigenvalue weighted by molar-refractivity contribution is -0.141. The van der Waals surface area contributed by atoms with Crippen molar-refractivity contribution in [1.82, 2.24) is 4.90 Å². The van der Waals surface area contributed by atoms with Gasteiger partial charge >= 0.3 is 0 Å². The molecule has 2 aromatic rings. The molecular formula is C29H35NO5. The number of aliphatic hydroxyl groups excluding tert-OH is 1. The van der Waals surface area contributed by atoms with Crippen LogP contribution in [0.1, 0.15) is 80.2 Å². The minimum Gasteiger partial charge on any atom is -0.507 e. The first-order valence-corrected chi connectivity index (χ1v) is 12.4. The van der Waals surface area contributed by atoms with Crippen LogP contribution >= 0.6 is 0 Å². The van der Waals surface area contributed by atoms with Crippen molar-refractivity contribution >= 4 is 17.4 Å². The molecule has 2 aliphatic rings. The molecule has 1 N–H and O–H groups in total.